The Kier molecular flexibility index (Phi) is 3.28. The zero-order valence-electron chi connectivity index (χ0n) is 8.02. The van der Waals surface area contributed by atoms with E-state index in [1.165, 1.54) is 25.3 Å². The lowest BCUT2D eigenvalue weighted by Crippen LogP contribution is -1.96. The average Bonchev–Trinajstić information content (AvgIpc) is 2.18. The second kappa shape index (κ2) is 4.45. The van der Waals surface area contributed by atoms with E-state index in [1.54, 1.807) is 0 Å². The van der Waals surface area contributed by atoms with Gasteiger partial charge >= 0.3 is 0 Å². The van der Waals surface area contributed by atoms with Crippen molar-refractivity contribution in [2.45, 2.75) is 6.92 Å². The van der Waals surface area contributed by atoms with E-state index in [0.717, 1.165) is 0 Å². The predicted molar refractivity (Wildman–Crippen MR) is 50.8 cm³/mol. The van der Waals surface area contributed by atoms with E-state index in [0.29, 0.717) is 18.1 Å². The first-order valence-electron chi connectivity index (χ1n) is 4.14. The molecule has 0 fully saturated rings. The van der Waals surface area contributed by atoms with Crippen LogP contribution in [0.4, 0.5) is 5.69 Å². The van der Waals surface area contributed by atoms with Crippen LogP contribution in [-0.2, 0) is 0 Å². The SMILES string of the molecule is CCOc1ccc([N+](=O)[O-])cc1OC. The molecule has 0 bridgehead atoms. The number of nitrogens with zero attached hydrogens (tertiary/aromatic N) is 1. The largest absolute Gasteiger partial charge is 0.493 e. The van der Waals surface area contributed by atoms with Gasteiger partial charge in [-0.05, 0) is 13.0 Å². The first kappa shape index (κ1) is 10.3. The smallest absolute Gasteiger partial charge is 0.273 e. The summed E-state index contributed by atoms with van der Waals surface area (Å²) in [7, 11) is 1.45. The molecule has 0 N–H and O–H groups in total. The summed E-state index contributed by atoms with van der Waals surface area (Å²) in [5.41, 5.74) is -0.00898. The van der Waals surface area contributed by atoms with E-state index >= 15 is 0 Å². The van der Waals surface area contributed by atoms with Crippen LogP contribution in [0.25, 0.3) is 0 Å². The van der Waals surface area contributed by atoms with Crippen molar-refractivity contribution in [1.29, 1.82) is 0 Å². The van der Waals surface area contributed by atoms with Crippen LogP contribution in [0.5, 0.6) is 11.5 Å². The van der Waals surface area contributed by atoms with E-state index in [2.05, 4.69) is 0 Å². The van der Waals surface area contributed by atoms with Gasteiger partial charge in [0.15, 0.2) is 11.5 Å². The summed E-state index contributed by atoms with van der Waals surface area (Å²) in [6.07, 6.45) is 0. The van der Waals surface area contributed by atoms with Crippen molar-refractivity contribution >= 4 is 5.69 Å². The molecule has 0 aliphatic heterocycles. The number of nitro benzene ring substituents is 1. The molecule has 1 aromatic carbocycles. The predicted octanol–water partition coefficient (Wildman–Crippen LogP) is 2.00. The highest BCUT2D eigenvalue weighted by molar-refractivity contribution is 5.48. The quantitative estimate of drug-likeness (QED) is 0.547. The summed E-state index contributed by atoms with van der Waals surface area (Å²) < 4.78 is 10.2. The van der Waals surface area contributed by atoms with Gasteiger partial charge in [-0.15, -0.1) is 0 Å². The monoisotopic (exact) mass is 197 g/mol. The van der Waals surface area contributed by atoms with Crippen LogP contribution >= 0.6 is 0 Å². The zero-order valence-corrected chi connectivity index (χ0v) is 8.02. The highest BCUT2D eigenvalue weighted by Gasteiger charge is 2.11. The van der Waals surface area contributed by atoms with Crippen LogP contribution < -0.4 is 9.47 Å². The van der Waals surface area contributed by atoms with Gasteiger partial charge in [0.2, 0.25) is 0 Å². The molecular weight excluding hydrogens is 186 g/mol. The van der Waals surface area contributed by atoms with Crippen LogP contribution in [0, 0.1) is 10.1 Å². The highest BCUT2D eigenvalue weighted by Crippen LogP contribution is 2.30. The molecule has 0 heterocycles. The van der Waals surface area contributed by atoms with Gasteiger partial charge < -0.3 is 9.47 Å². The van der Waals surface area contributed by atoms with Crippen molar-refractivity contribution in [2.24, 2.45) is 0 Å². The number of non-ortho nitro benzene ring substituents is 1. The minimum Gasteiger partial charge on any atom is -0.493 e. The first-order valence-corrected chi connectivity index (χ1v) is 4.14. The van der Waals surface area contributed by atoms with E-state index < -0.39 is 4.92 Å². The maximum absolute atomic E-state index is 10.4. The van der Waals surface area contributed by atoms with Crippen molar-refractivity contribution < 1.29 is 14.4 Å². The van der Waals surface area contributed by atoms with Gasteiger partial charge in [-0.3, -0.25) is 10.1 Å². The number of ether oxygens (including phenoxy) is 2. The van der Waals surface area contributed by atoms with Crippen LogP contribution in [-0.4, -0.2) is 18.6 Å². The topological polar surface area (TPSA) is 61.6 Å². The number of rotatable bonds is 4. The van der Waals surface area contributed by atoms with Gasteiger partial charge in [-0.2, -0.15) is 0 Å². The third kappa shape index (κ3) is 2.12. The summed E-state index contributed by atoms with van der Waals surface area (Å²) in [4.78, 5) is 9.97. The molecule has 0 aromatic heterocycles. The lowest BCUT2D eigenvalue weighted by molar-refractivity contribution is -0.384. The fraction of sp³-hybridized carbons (Fsp3) is 0.333. The first-order chi connectivity index (χ1) is 6.69. The normalized spacial score (nSPS) is 9.57. The number of benzene rings is 1. The Balaban J connectivity index is 3.04. The summed E-state index contributed by atoms with van der Waals surface area (Å²) in [5, 5.41) is 10.4. The molecular formula is C9H11NO4. The Labute approximate surface area is 81.4 Å². The third-order valence-corrected chi connectivity index (χ3v) is 1.66. The van der Waals surface area contributed by atoms with Crippen LogP contribution in [0.3, 0.4) is 0 Å². The zero-order chi connectivity index (χ0) is 10.6. The van der Waals surface area contributed by atoms with Gasteiger partial charge in [0, 0.05) is 6.07 Å². The maximum Gasteiger partial charge on any atom is 0.273 e. The summed E-state index contributed by atoms with van der Waals surface area (Å²) >= 11 is 0. The molecule has 0 radical (unpaired) electrons. The van der Waals surface area contributed by atoms with E-state index in [9.17, 15) is 10.1 Å². The molecule has 0 amide bonds. The average molecular weight is 197 g/mol. The molecule has 0 saturated carbocycles. The second-order valence-corrected chi connectivity index (χ2v) is 2.53. The number of nitro groups is 1. The Morgan fingerprint density at radius 1 is 1.43 bits per heavy atom. The van der Waals surface area contributed by atoms with Gasteiger partial charge in [-0.25, -0.2) is 0 Å². The van der Waals surface area contributed by atoms with Gasteiger partial charge in [0.25, 0.3) is 5.69 Å². The van der Waals surface area contributed by atoms with Gasteiger partial charge in [0.1, 0.15) is 0 Å². The molecule has 0 aliphatic rings. The third-order valence-electron chi connectivity index (χ3n) is 1.66. The fourth-order valence-electron chi connectivity index (χ4n) is 1.04. The van der Waals surface area contributed by atoms with Crippen molar-refractivity contribution in [3.8, 4) is 11.5 Å². The summed E-state index contributed by atoms with van der Waals surface area (Å²) in [6, 6.07) is 4.25. The molecule has 0 atom stereocenters. The minimum absolute atomic E-state index is 0.00898. The maximum atomic E-state index is 10.4. The standard InChI is InChI=1S/C9H11NO4/c1-3-14-8-5-4-7(10(11)12)6-9(8)13-2/h4-6H,3H2,1-2H3. The van der Waals surface area contributed by atoms with Crippen molar-refractivity contribution in [2.75, 3.05) is 13.7 Å². The van der Waals surface area contributed by atoms with E-state index in [4.69, 9.17) is 9.47 Å². The molecule has 1 rings (SSSR count). The second-order valence-electron chi connectivity index (χ2n) is 2.53. The Bertz CT molecular complexity index is 338. The van der Waals surface area contributed by atoms with Crippen LogP contribution in [0.2, 0.25) is 0 Å². The molecule has 0 saturated heterocycles. The summed E-state index contributed by atoms with van der Waals surface area (Å²) in [6.45, 7) is 2.33. The molecule has 0 spiro atoms. The van der Waals surface area contributed by atoms with Gasteiger partial charge in [-0.1, -0.05) is 0 Å². The molecule has 14 heavy (non-hydrogen) atoms. The lowest BCUT2D eigenvalue weighted by Gasteiger charge is -2.07. The Hall–Kier alpha value is -1.78. The Morgan fingerprint density at radius 3 is 2.64 bits per heavy atom. The molecule has 5 nitrogen and oxygen atoms in total. The molecule has 5 heteroatoms. The summed E-state index contributed by atoms with van der Waals surface area (Å²) in [5.74, 6) is 0.890. The lowest BCUT2D eigenvalue weighted by atomic mass is 10.3. The minimum atomic E-state index is -0.474. The number of hydrogen-bond acceptors (Lipinski definition) is 4. The molecule has 76 valence electrons. The van der Waals surface area contributed by atoms with Gasteiger partial charge in [0.05, 0.1) is 24.7 Å². The van der Waals surface area contributed by atoms with E-state index in [1.807, 2.05) is 6.92 Å². The van der Waals surface area contributed by atoms with Crippen LogP contribution in [0.1, 0.15) is 6.92 Å². The van der Waals surface area contributed by atoms with E-state index in [-0.39, 0.29) is 5.69 Å². The number of methoxy groups -OCH3 is 1. The van der Waals surface area contributed by atoms with Crippen molar-refractivity contribution in [1.82, 2.24) is 0 Å². The molecule has 0 aliphatic carbocycles. The molecule has 1 aromatic rings. The fourth-order valence-corrected chi connectivity index (χ4v) is 1.04. The van der Waals surface area contributed by atoms with Crippen LogP contribution in [0.15, 0.2) is 18.2 Å². The van der Waals surface area contributed by atoms with Crippen molar-refractivity contribution in [3.63, 3.8) is 0 Å². The highest BCUT2D eigenvalue weighted by atomic mass is 16.6. The Morgan fingerprint density at radius 2 is 2.14 bits per heavy atom. The van der Waals surface area contributed by atoms with Crippen molar-refractivity contribution in [3.05, 3.63) is 28.3 Å². The number of hydrogen-bond donors (Lipinski definition) is 0. The molecule has 0 unspecified atom stereocenters.